The molecule has 0 saturated heterocycles. The van der Waals surface area contributed by atoms with Gasteiger partial charge in [-0.05, 0) is 31.4 Å². The SMILES string of the molecule is O=C(Cn1nc(-c2ccc(OCC(F)(F)F)nc2)ccc1=O)NC1CCC1. The van der Waals surface area contributed by atoms with E-state index in [1.165, 1.54) is 30.5 Å². The van der Waals surface area contributed by atoms with Crippen LogP contribution in [0.2, 0.25) is 0 Å². The van der Waals surface area contributed by atoms with Crippen molar-refractivity contribution in [2.24, 2.45) is 0 Å². The Morgan fingerprint density at radius 3 is 2.63 bits per heavy atom. The predicted octanol–water partition coefficient (Wildman–Crippen LogP) is 1.92. The van der Waals surface area contributed by atoms with Gasteiger partial charge in [0.2, 0.25) is 11.8 Å². The van der Waals surface area contributed by atoms with Gasteiger partial charge < -0.3 is 10.1 Å². The minimum atomic E-state index is -4.45. The summed E-state index contributed by atoms with van der Waals surface area (Å²) >= 11 is 0. The number of hydrogen-bond donors (Lipinski definition) is 1. The molecule has 0 spiro atoms. The molecule has 7 nitrogen and oxygen atoms in total. The van der Waals surface area contributed by atoms with Crippen LogP contribution < -0.4 is 15.6 Å². The second-order valence-electron chi connectivity index (χ2n) is 6.20. The van der Waals surface area contributed by atoms with Gasteiger partial charge in [0.1, 0.15) is 6.54 Å². The molecule has 3 rings (SSSR count). The van der Waals surface area contributed by atoms with Crippen LogP contribution in [0.5, 0.6) is 5.88 Å². The van der Waals surface area contributed by atoms with Gasteiger partial charge in [-0.1, -0.05) is 0 Å². The van der Waals surface area contributed by atoms with Gasteiger partial charge in [-0.2, -0.15) is 18.3 Å². The van der Waals surface area contributed by atoms with Gasteiger partial charge in [-0.25, -0.2) is 9.67 Å². The Morgan fingerprint density at radius 2 is 2.04 bits per heavy atom. The predicted molar refractivity (Wildman–Crippen MR) is 89.1 cm³/mol. The summed E-state index contributed by atoms with van der Waals surface area (Å²) in [5.74, 6) is -0.468. The molecule has 2 heterocycles. The van der Waals surface area contributed by atoms with Crippen molar-refractivity contribution in [3.8, 4) is 17.1 Å². The molecule has 0 aliphatic heterocycles. The number of halogens is 3. The topological polar surface area (TPSA) is 86.1 Å². The van der Waals surface area contributed by atoms with Crippen LogP contribution in [0.1, 0.15) is 19.3 Å². The van der Waals surface area contributed by atoms with E-state index in [1.54, 1.807) is 0 Å². The summed E-state index contributed by atoms with van der Waals surface area (Å²) in [5, 5.41) is 6.96. The van der Waals surface area contributed by atoms with Crippen LogP contribution in [0, 0.1) is 0 Å². The molecule has 27 heavy (non-hydrogen) atoms. The van der Waals surface area contributed by atoms with E-state index in [0.717, 1.165) is 23.9 Å². The van der Waals surface area contributed by atoms with Crippen LogP contribution in [0.4, 0.5) is 13.2 Å². The van der Waals surface area contributed by atoms with E-state index in [-0.39, 0.29) is 24.4 Å². The zero-order chi connectivity index (χ0) is 19.4. The van der Waals surface area contributed by atoms with Crippen molar-refractivity contribution in [3.63, 3.8) is 0 Å². The summed E-state index contributed by atoms with van der Waals surface area (Å²) in [6.07, 6.45) is -0.214. The van der Waals surface area contributed by atoms with E-state index in [1.807, 2.05) is 0 Å². The molecule has 0 unspecified atom stereocenters. The molecule has 1 N–H and O–H groups in total. The van der Waals surface area contributed by atoms with Crippen LogP contribution >= 0.6 is 0 Å². The molecule has 144 valence electrons. The van der Waals surface area contributed by atoms with Crippen LogP contribution in [0.15, 0.2) is 35.3 Å². The number of aromatic nitrogens is 3. The largest absolute Gasteiger partial charge is 0.468 e. The number of carbonyl (C=O) groups is 1. The summed E-state index contributed by atoms with van der Waals surface area (Å²) in [4.78, 5) is 27.7. The first-order valence-electron chi connectivity index (χ1n) is 8.34. The number of amides is 1. The molecular weight excluding hydrogens is 365 g/mol. The minimum Gasteiger partial charge on any atom is -0.468 e. The van der Waals surface area contributed by atoms with Crippen LogP contribution in [-0.2, 0) is 11.3 Å². The second-order valence-corrected chi connectivity index (χ2v) is 6.20. The van der Waals surface area contributed by atoms with E-state index >= 15 is 0 Å². The fraction of sp³-hybridized carbons (Fsp3) is 0.412. The zero-order valence-corrected chi connectivity index (χ0v) is 14.2. The molecule has 0 atom stereocenters. The van der Waals surface area contributed by atoms with Crippen molar-refractivity contribution >= 4 is 5.91 Å². The fourth-order valence-electron chi connectivity index (χ4n) is 2.45. The maximum atomic E-state index is 12.1. The number of nitrogens with zero attached hydrogens (tertiary/aromatic N) is 3. The van der Waals surface area contributed by atoms with Crippen LogP contribution in [0.25, 0.3) is 11.3 Å². The molecule has 0 bridgehead atoms. The molecule has 1 fully saturated rings. The molecule has 10 heteroatoms. The van der Waals surface area contributed by atoms with Gasteiger partial charge >= 0.3 is 6.18 Å². The average molecular weight is 382 g/mol. The highest BCUT2D eigenvalue weighted by molar-refractivity contribution is 5.76. The highest BCUT2D eigenvalue weighted by Gasteiger charge is 2.28. The number of rotatable bonds is 6. The maximum absolute atomic E-state index is 12.1. The smallest absolute Gasteiger partial charge is 0.422 e. The van der Waals surface area contributed by atoms with E-state index in [4.69, 9.17) is 0 Å². The number of nitrogens with one attached hydrogen (secondary N) is 1. The van der Waals surface area contributed by atoms with E-state index in [0.29, 0.717) is 11.3 Å². The third-order valence-electron chi connectivity index (χ3n) is 4.05. The molecule has 0 radical (unpaired) electrons. The third-order valence-corrected chi connectivity index (χ3v) is 4.05. The third kappa shape index (κ3) is 5.28. The number of carbonyl (C=O) groups excluding carboxylic acids is 1. The van der Waals surface area contributed by atoms with E-state index < -0.39 is 18.3 Å². The van der Waals surface area contributed by atoms with Crippen LogP contribution in [0.3, 0.4) is 0 Å². The summed E-state index contributed by atoms with van der Waals surface area (Å²) in [6.45, 7) is -1.64. The second kappa shape index (κ2) is 7.77. The van der Waals surface area contributed by atoms with Crippen molar-refractivity contribution in [3.05, 3.63) is 40.8 Å². The standard InChI is InChI=1S/C17H17F3N4O3/c18-17(19,20)10-27-15-6-4-11(8-21-15)13-5-7-16(26)24(23-13)9-14(25)22-12-2-1-3-12/h4-8,12H,1-3,9-10H2,(H,22,25). The highest BCUT2D eigenvalue weighted by atomic mass is 19.4. The van der Waals surface area contributed by atoms with Crippen molar-refractivity contribution in [2.75, 3.05) is 6.61 Å². The number of alkyl halides is 3. The van der Waals surface area contributed by atoms with Crippen molar-refractivity contribution in [1.29, 1.82) is 0 Å². The van der Waals surface area contributed by atoms with Gasteiger partial charge in [0.05, 0.1) is 5.69 Å². The molecule has 1 aliphatic rings. The summed E-state index contributed by atoms with van der Waals surface area (Å²) in [5.41, 5.74) is 0.407. The van der Waals surface area contributed by atoms with Crippen molar-refractivity contribution < 1.29 is 22.7 Å². The number of pyridine rings is 1. The zero-order valence-electron chi connectivity index (χ0n) is 14.2. The first kappa shape index (κ1) is 18.9. The number of hydrogen-bond acceptors (Lipinski definition) is 5. The van der Waals surface area contributed by atoms with Crippen molar-refractivity contribution in [1.82, 2.24) is 20.1 Å². The lowest BCUT2D eigenvalue weighted by atomic mass is 9.93. The Kier molecular flexibility index (Phi) is 5.43. The highest BCUT2D eigenvalue weighted by Crippen LogP contribution is 2.20. The minimum absolute atomic E-state index is 0.157. The molecule has 1 saturated carbocycles. The molecule has 2 aromatic rings. The Balaban J connectivity index is 1.69. The summed E-state index contributed by atoms with van der Waals surface area (Å²) in [6, 6.07) is 5.64. The number of ether oxygens (including phenoxy) is 1. The molecule has 0 aromatic carbocycles. The first-order valence-corrected chi connectivity index (χ1v) is 8.34. The van der Waals surface area contributed by atoms with Gasteiger partial charge in [-0.3, -0.25) is 9.59 Å². The molecular formula is C17H17F3N4O3. The van der Waals surface area contributed by atoms with Crippen LogP contribution in [-0.4, -0.2) is 39.5 Å². The first-order chi connectivity index (χ1) is 12.8. The van der Waals surface area contributed by atoms with Crippen molar-refractivity contribution in [2.45, 2.75) is 38.0 Å². The Hall–Kier alpha value is -2.91. The monoisotopic (exact) mass is 382 g/mol. The molecule has 1 aliphatic carbocycles. The van der Waals surface area contributed by atoms with Gasteiger partial charge in [-0.15, -0.1) is 0 Å². The lowest BCUT2D eigenvalue weighted by Crippen LogP contribution is -2.42. The lowest BCUT2D eigenvalue weighted by Gasteiger charge is -2.26. The molecule has 1 amide bonds. The summed E-state index contributed by atoms with van der Waals surface area (Å²) < 4.78 is 42.0. The Bertz CT molecular complexity index is 861. The van der Waals surface area contributed by atoms with Gasteiger partial charge in [0, 0.05) is 29.9 Å². The maximum Gasteiger partial charge on any atom is 0.422 e. The lowest BCUT2D eigenvalue weighted by molar-refractivity contribution is -0.154. The quantitative estimate of drug-likeness (QED) is 0.825. The molecule has 2 aromatic heterocycles. The average Bonchev–Trinajstić information content (AvgIpc) is 2.58. The summed E-state index contributed by atoms with van der Waals surface area (Å²) in [7, 11) is 0. The Morgan fingerprint density at radius 1 is 1.26 bits per heavy atom. The fourth-order valence-corrected chi connectivity index (χ4v) is 2.45. The van der Waals surface area contributed by atoms with Gasteiger partial charge in [0.15, 0.2) is 6.61 Å². The van der Waals surface area contributed by atoms with E-state index in [9.17, 15) is 22.8 Å². The Labute approximate surface area is 152 Å². The normalized spacial score (nSPS) is 14.5. The van der Waals surface area contributed by atoms with Gasteiger partial charge in [0.25, 0.3) is 5.56 Å². The van der Waals surface area contributed by atoms with E-state index in [2.05, 4.69) is 20.1 Å².